The second-order valence-electron chi connectivity index (χ2n) is 7.56. The molecule has 154 valence electrons. The summed E-state index contributed by atoms with van der Waals surface area (Å²) in [6.45, 7) is 7.33. The van der Waals surface area contributed by atoms with E-state index in [9.17, 15) is 9.59 Å². The van der Waals surface area contributed by atoms with Crippen molar-refractivity contribution in [2.24, 2.45) is 0 Å². The predicted octanol–water partition coefficient (Wildman–Crippen LogP) is 4.43. The first-order valence-corrected chi connectivity index (χ1v) is 10.0. The van der Waals surface area contributed by atoms with Crippen LogP contribution in [0.4, 0.5) is 10.5 Å². The zero-order valence-corrected chi connectivity index (χ0v) is 17.5. The van der Waals surface area contributed by atoms with E-state index < -0.39 is 0 Å². The number of nitrogens with one attached hydrogen (secondary N) is 2. The van der Waals surface area contributed by atoms with Gasteiger partial charge in [-0.05, 0) is 51.3 Å². The number of ether oxygens (including phenoxy) is 1. The Bertz CT molecular complexity index is 904. The maximum Gasteiger partial charge on any atom is 0.319 e. The van der Waals surface area contributed by atoms with Gasteiger partial charge >= 0.3 is 6.03 Å². The average molecular weight is 396 g/mol. The topological polar surface area (TPSA) is 70.7 Å². The first-order valence-electron chi connectivity index (χ1n) is 10.0. The fourth-order valence-corrected chi connectivity index (χ4v) is 3.72. The lowest BCUT2D eigenvalue weighted by atomic mass is 10.0. The number of anilines is 1. The zero-order chi connectivity index (χ0) is 21.0. The minimum absolute atomic E-state index is 0.0325. The van der Waals surface area contributed by atoms with Crippen LogP contribution in [0.15, 0.2) is 36.4 Å². The van der Waals surface area contributed by atoms with E-state index in [4.69, 9.17) is 4.74 Å². The molecule has 29 heavy (non-hydrogen) atoms. The number of hydrogen-bond acceptors (Lipinski definition) is 3. The maximum absolute atomic E-state index is 12.9. The number of rotatable bonds is 5. The van der Waals surface area contributed by atoms with Crippen LogP contribution in [0.2, 0.25) is 0 Å². The molecule has 2 aromatic carbocycles. The summed E-state index contributed by atoms with van der Waals surface area (Å²) < 4.78 is 5.43. The lowest BCUT2D eigenvalue weighted by Crippen LogP contribution is -2.33. The fraction of sp³-hybridized carbons (Fsp3) is 0.391. The molecule has 0 aliphatic carbocycles. The molecule has 6 nitrogen and oxygen atoms in total. The highest BCUT2D eigenvalue weighted by Crippen LogP contribution is 2.27. The molecule has 2 N–H and O–H groups in total. The molecule has 1 aliphatic rings. The van der Waals surface area contributed by atoms with Gasteiger partial charge in [0.1, 0.15) is 5.75 Å². The molecule has 1 unspecified atom stereocenters. The molecule has 1 saturated heterocycles. The van der Waals surface area contributed by atoms with Crippen molar-refractivity contribution in [3.05, 3.63) is 58.7 Å². The third kappa shape index (κ3) is 4.70. The Labute approximate surface area is 172 Å². The summed E-state index contributed by atoms with van der Waals surface area (Å²) in [5.41, 5.74) is 3.94. The third-order valence-corrected chi connectivity index (χ3v) is 5.33. The van der Waals surface area contributed by atoms with Gasteiger partial charge in [-0.3, -0.25) is 4.79 Å². The number of carbonyl (C=O) groups is 2. The Morgan fingerprint density at radius 1 is 1.10 bits per heavy atom. The molecule has 1 atom stereocenters. The monoisotopic (exact) mass is 395 g/mol. The molecule has 1 aliphatic heterocycles. The number of nitrogens with zero attached hydrogens (tertiary/aromatic N) is 1. The highest BCUT2D eigenvalue weighted by molar-refractivity contribution is 6.04. The van der Waals surface area contributed by atoms with Crippen molar-refractivity contribution in [1.82, 2.24) is 10.2 Å². The molecule has 0 aromatic heterocycles. The summed E-state index contributed by atoms with van der Waals surface area (Å²) in [5.74, 6) is 0.694. The van der Waals surface area contributed by atoms with E-state index >= 15 is 0 Å². The fourth-order valence-electron chi connectivity index (χ4n) is 3.72. The van der Waals surface area contributed by atoms with Crippen LogP contribution < -0.4 is 15.4 Å². The molecular weight excluding hydrogens is 366 g/mol. The van der Waals surface area contributed by atoms with Crippen molar-refractivity contribution in [2.45, 2.75) is 39.7 Å². The summed E-state index contributed by atoms with van der Waals surface area (Å²) in [4.78, 5) is 27.5. The highest BCUT2D eigenvalue weighted by atomic mass is 16.5. The molecule has 0 radical (unpaired) electrons. The van der Waals surface area contributed by atoms with Gasteiger partial charge in [-0.25, -0.2) is 4.79 Å². The Hall–Kier alpha value is -3.02. The first-order chi connectivity index (χ1) is 13.9. The number of benzene rings is 2. The first kappa shape index (κ1) is 20.7. The summed E-state index contributed by atoms with van der Waals surface area (Å²) in [6, 6.07) is 10.8. The summed E-state index contributed by atoms with van der Waals surface area (Å²) in [6.07, 6.45) is 2.05. The van der Waals surface area contributed by atoms with E-state index in [-0.39, 0.29) is 18.0 Å². The molecular formula is C23H29N3O3. The molecule has 3 rings (SSSR count). The van der Waals surface area contributed by atoms with Crippen molar-refractivity contribution in [3.8, 4) is 5.75 Å². The number of methoxy groups -OCH3 is 1. The van der Waals surface area contributed by atoms with E-state index in [1.807, 2.05) is 56.0 Å². The number of likely N-dealkylation sites (tertiary alicyclic amines) is 1. The smallest absolute Gasteiger partial charge is 0.319 e. The van der Waals surface area contributed by atoms with Crippen LogP contribution in [-0.2, 0) is 0 Å². The van der Waals surface area contributed by atoms with Crippen LogP contribution in [-0.4, -0.2) is 37.0 Å². The second kappa shape index (κ2) is 8.99. The van der Waals surface area contributed by atoms with E-state index in [2.05, 4.69) is 10.6 Å². The number of para-hydroxylation sites is 1. The average Bonchev–Trinajstić information content (AvgIpc) is 3.23. The number of aryl methyl sites for hydroxylation is 2. The largest absolute Gasteiger partial charge is 0.496 e. The van der Waals surface area contributed by atoms with Crippen molar-refractivity contribution in [2.75, 3.05) is 25.5 Å². The number of amides is 3. The van der Waals surface area contributed by atoms with Crippen molar-refractivity contribution in [1.29, 1.82) is 0 Å². The van der Waals surface area contributed by atoms with Crippen molar-refractivity contribution in [3.63, 3.8) is 0 Å². The lowest BCUT2D eigenvalue weighted by Gasteiger charge is -2.21. The predicted molar refractivity (Wildman–Crippen MR) is 115 cm³/mol. The van der Waals surface area contributed by atoms with Gasteiger partial charge in [-0.2, -0.15) is 0 Å². The Morgan fingerprint density at radius 3 is 2.52 bits per heavy atom. The standard InChI is InChI=1S/C23H29N3O3/c1-15-10-11-20(29-4)19(14-15)17(3)24-23(28)25-21-16(2)8-7-9-18(21)22(27)26-12-5-6-13-26/h7-11,14,17H,5-6,12-13H2,1-4H3,(H2,24,25,28). The normalized spacial score (nSPS) is 14.4. The maximum atomic E-state index is 12.9. The van der Waals surface area contributed by atoms with Crippen LogP contribution in [0.25, 0.3) is 0 Å². The SMILES string of the molecule is COc1ccc(C)cc1C(C)NC(=O)Nc1c(C)cccc1C(=O)N1CCCC1. The summed E-state index contributed by atoms with van der Waals surface area (Å²) in [5, 5.41) is 5.85. The molecule has 0 saturated carbocycles. The molecule has 6 heteroatoms. The van der Waals surface area contributed by atoms with Crippen molar-refractivity contribution >= 4 is 17.6 Å². The van der Waals surface area contributed by atoms with Crippen LogP contribution in [0.5, 0.6) is 5.75 Å². The van der Waals surface area contributed by atoms with Gasteiger partial charge in [0.05, 0.1) is 24.4 Å². The Kier molecular flexibility index (Phi) is 6.42. The summed E-state index contributed by atoms with van der Waals surface area (Å²) >= 11 is 0. The highest BCUT2D eigenvalue weighted by Gasteiger charge is 2.24. The van der Waals surface area contributed by atoms with Gasteiger partial charge in [-0.15, -0.1) is 0 Å². The van der Waals surface area contributed by atoms with Gasteiger partial charge in [0.2, 0.25) is 0 Å². The van der Waals surface area contributed by atoms with Crippen LogP contribution in [0.1, 0.15) is 52.9 Å². The molecule has 3 amide bonds. The van der Waals surface area contributed by atoms with Crippen LogP contribution in [0.3, 0.4) is 0 Å². The van der Waals surface area contributed by atoms with Gasteiger partial charge in [0, 0.05) is 18.7 Å². The van der Waals surface area contributed by atoms with Gasteiger partial charge in [-0.1, -0.05) is 29.8 Å². The quantitative estimate of drug-likeness (QED) is 0.787. The zero-order valence-electron chi connectivity index (χ0n) is 17.5. The third-order valence-electron chi connectivity index (χ3n) is 5.33. The van der Waals surface area contributed by atoms with Gasteiger partial charge in [0.25, 0.3) is 5.91 Å². The number of urea groups is 1. The van der Waals surface area contributed by atoms with Gasteiger partial charge < -0.3 is 20.3 Å². The van der Waals surface area contributed by atoms with Crippen LogP contribution >= 0.6 is 0 Å². The minimum atomic E-state index is -0.356. The lowest BCUT2D eigenvalue weighted by molar-refractivity contribution is 0.0794. The molecule has 1 heterocycles. The van der Waals surface area contributed by atoms with E-state index in [1.54, 1.807) is 13.2 Å². The van der Waals surface area contributed by atoms with E-state index in [0.717, 1.165) is 48.4 Å². The minimum Gasteiger partial charge on any atom is -0.496 e. The molecule has 0 spiro atoms. The molecule has 1 fully saturated rings. The molecule has 0 bridgehead atoms. The van der Waals surface area contributed by atoms with E-state index in [1.165, 1.54) is 0 Å². The number of hydrogen-bond donors (Lipinski definition) is 2. The van der Waals surface area contributed by atoms with E-state index in [0.29, 0.717) is 11.3 Å². The Morgan fingerprint density at radius 2 is 1.83 bits per heavy atom. The Balaban J connectivity index is 1.77. The summed E-state index contributed by atoms with van der Waals surface area (Å²) in [7, 11) is 1.62. The second-order valence-corrected chi connectivity index (χ2v) is 7.56. The van der Waals surface area contributed by atoms with Gasteiger partial charge in [0.15, 0.2) is 0 Å². The molecule has 2 aromatic rings. The number of carbonyl (C=O) groups excluding carboxylic acids is 2. The van der Waals surface area contributed by atoms with Crippen molar-refractivity contribution < 1.29 is 14.3 Å². The van der Waals surface area contributed by atoms with Crippen LogP contribution in [0, 0.1) is 13.8 Å².